The first-order valence-electron chi connectivity index (χ1n) is 6.34. The number of phosphoric ester groups is 1. The quantitative estimate of drug-likeness (QED) is 0.151. The second kappa shape index (κ2) is 8.54. The Labute approximate surface area is 120 Å². The van der Waals surface area contributed by atoms with E-state index in [4.69, 9.17) is 13.9 Å². The van der Waals surface area contributed by atoms with Crippen molar-refractivity contribution in [3.63, 3.8) is 0 Å². The molecule has 0 amide bonds. The number of hydrogen-bond acceptors (Lipinski definition) is 6. The molecule has 0 spiro atoms. The first-order valence-corrected chi connectivity index (χ1v) is 7.80. The molecular formula is C12H24NO6P. The smallest absolute Gasteiger partial charge is 0.333 e. The number of carbonyl (C=O) groups is 1. The van der Waals surface area contributed by atoms with Gasteiger partial charge in [-0.2, -0.15) is 4.65 Å². The van der Waals surface area contributed by atoms with E-state index >= 15 is 0 Å². The van der Waals surface area contributed by atoms with Crippen molar-refractivity contribution in [1.29, 1.82) is 0 Å². The Morgan fingerprint density at radius 3 is 2.25 bits per heavy atom. The largest absolute Gasteiger partial charge is 0.752 e. The van der Waals surface area contributed by atoms with Crippen molar-refractivity contribution in [2.24, 2.45) is 0 Å². The van der Waals surface area contributed by atoms with Gasteiger partial charge >= 0.3 is 13.8 Å². The summed E-state index contributed by atoms with van der Waals surface area (Å²) in [6, 6.07) is 0. The Balaban J connectivity index is 3.65. The molecule has 118 valence electrons. The van der Waals surface area contributed by atoms with Gasteiger partial charge in [0.2, 0.25) is 0 Å². The van der Waals surface area contributed by atoms with E-state index in [1.54, 1.807) is 28.1 Å². The van der Waals surface area contributed by atoms with Gasteiger partial charge in [-0.25, -0.2) is 4.79 Å². The highest BCUT2D eigenvalue weighted by Gasteiger charge is 2.20. The minimum atomic E-state index is -4.27. The van der Waals surface area contributed by atoms with Gasteiger partial charge < -0.3 is 14.2 Å². The predicted molar refractivity (Wildman–Crippen MR) is 72.3 cm³/mol. The minimum Gasteiger partial charge on any atom is -0.752 e. The summed E-state index contributed by atoms with van der Waals surface area (Å²) >= 11 is 0. The van der Waals surface area contributed by atoms with Crippen molar-refractivity contribution in [2.45, 2.75) is 26.2 Å². The number of hydrogen-bond donors (Lipinski definition) is 0. The summed E-state index contributed by atoms with van der Waals surface area (Å²) in [7, 11) is 0.447. The monoisotopic (exact) mass is 309 g/mol. The third kappa shape index (κ3) is 11.1. The standard InChI is InChI=1S/C12H24NO6P/c1-11(2)12(14)17-9-7-6-8-10-18-20(15,16)19-13(3,4)5/h1,6-10H2,2-5H3. The summed E-state index contributed by atoms with van der Waals surface area (Å²) < 4.78 is 25.6. The summed E-state index contributed by atoms with van der Waals surface area (Å²) in [6.07, 6.45) is 1.87. The number of phosphoric acid groups is 1. The lowest BCUT2D eigenvalue weighted by Gasteiger charge is -2.29. The van der Waals surface area contributed by atoms with E-state index in [1.165, 1.54) is 0 Å². The summed E-state index contributed by atoms with van der Waals surface area (Å²) in [4.78, 5) is 22.4. The van der Waals surface area contributed by atoms with Crippen LogP contribution in [0.2, 0.25) is 0 Å². The third-order valence-corrected chi connectivity index (χ3v) is 3.15. The average Bonchev–Trinajstić information content (AvgIpc) is 2.23. The molecule has 0 aliphatic heterocycles. The van der Waals surface area contributed by atoms with E-state index in [0.717, 1.165) is 0 Å². The topological polar surface area (TPSA) is 84.9 Å². The molecule has 0 heterocycles. The van der Waals surface area contributed by atoms with Crippen LogP contribution in [0.25, 0.3) is 0 Å². The second-order valence-corrected chi connectivity index (χ2v) is 6.54. The molecule has 0 N–H and O–H groups in total. The highest BCUT2D eigenvalue weighted by molar-refractivity contribution is 7.45. The lowest BCUT2D eigenvalue weighted by Crippen LogP contribution is -2.35. The normalized spacial score (nSPS) is 14.7. The van der Waals surface area contributed by atoms with Crippen LogP contribution in [-0.2, 0) is 23.2 Å². The van der Waals surface area contributed by atoms with Crippen molar-refractivity contribution in [2.75, 3.05) is 34.4 Å². The summed E-state index contributed by atoms with van der Waals surface area (Å²) in [6.45, 7) is 5.38. The maximum atomic E-state index is 11.4. The van der Waals surface area contributed by atoms with Crippen LogP contribution in [0.15, 0.2) is 12.2 Å². The number of esters is 1. The summed E-state index contributed by atoms with van der Waals surface area (Å²) in [5, 5.41) is 0. The second-order valence-electron chi connectivity index (χ2n) is 5.23. The Kier molecular flexibility index (Phi) is 8.23. The molecule has 0 bridgehead atoms. The molecule has 8 heteroatoms. The van der Waals surface area contributed by atoms with Gasteiger partial charge in [0.05, 0.1) is 34.4 Å². The van der Waals surface area contributed by atoms with E-state index in [1.807, 2.05) is 0 Å². The molecule has 0 aromatic carbocycles. The first kappa shape index (κ1) is 19.3. The van der Waals surface area contributed by atoms with Crippen LogP contribution in [0.3, 0.4) is 0 Å². The van der Waals surface area contributed by atoms with Crippen molar-refractivity contribution in [3.8, 4) is 0 Å². The van der Waals surface area contributed by atoms with E-state index in [0.29, 0.717) is 24.8 Å². The van der Waals surface area contributed by atoms with Crippen LogP contribution < -0.4 is 4.89 Å². The molecular weight excluding hydrogens is 285 g/mol. The molecule has 0 saturated carbocycles. The fourth-order valence-corrected chi connectivity index (χ4v) is 2.17. The third-order valence-electron chi connectivity index (χ3n) is 1.96. The molecule has 20 heavy (non-hydrogen) atoms. The van der Waals surface area contributed by atoms with E-state index < -0.39 is 13.8 Å². The molecule has 0 aromatic heterocycles. The molecule has 0 fully saturated rings. The van der Waals surface area contributed by atoms with Crippen LogP contribution in [0.5, 0.6) is 0 Å². The van der Waals surface area contributed by atoms with Crippen molar-refractivity contribution >= 4 is 13.8 Å². The van der Waals surface area contributed by atoms with Crippen molar-refractivity contribution in [1.82, 2.24) is 0 Å². The molecule has 7 nitrogen and oxygen atoms in total. The van der Waals surface area contributed by atoms with Gasteiger partial charge in [-0.05, 0) is 26.2 Å². The Hall–Kier alpha value is -0.720. The lowest BCUT2D eigenvalue weighted by molar-refractivity contribution is -1.04. The van der Waals surface area contributed by atoms with Gasteiger partial charge in [0.15, 0.2) is 0 Å². The van der Waals surface area contributed by atoms with Crippen LogP contribution in [0, 0.1) is 0 Å². The zero-order valence-corrected chi connectivity index (χ0v) is 13.5. The number of quaternary nitrogens is 1. The summed E-state index contributed by atoms with van der Waals surface area (Å²) in [5.41, 5.74) is 0.359. The molecule has 0 radical (unpaired) electrons. The molecule has 0 rings (SSSR count). The minimum absolute atomic E-state index is 0.0508. The van der Waals surface area contributed by atoms with Gasteiger partial charge in [-0.3, -0.25) is 4.57 Å². The number of rotatable bonds is 10. The van der Waals surface area contributed by atoms with E-state index in [9.17, 15) is 14.3 Å². The first-order chi connectivity index (χ1) is 9.03. The lowest BCUT2D eigenvalue weighted by atomic mass is 10.2. The number of carbonyl (C=O) groups excluding carboxylic acids is 1. The van der Waals surface area contributed by atoms with Gasteiger partial charge in [-0.15, -0.1) is 4.62 Å². The Morgan fingerprint density at radius 2 is 1.75 bits per heavy atom. The number of hydroxylamine groups is 3. The van der Waals surface area contributed by atoms with Crippen LogP contribution in [0.1, 0.15) is 26.2 Å². The highest BCUT2D eigenvalue weighted by Crippen LogP contribution is 2.40. The van der Waals surface area contributed by atoms with Crippen LogP contribution in [0.4, 0.5) is 0 Å². The van der Waals surface area contributed by atoms with Crippen LogP contribution in [-0.4, -0.2) is 45.0 Å². The van der Waals surface area contributed by atoms with Crippen molar-refractivity contribution < 1.29 is 32.8 Å². The fourth-order valence-electron chi connectivity index (χ4n) is 1.17. The number of unbranched alkanes of at least 4 members (excludes halogenated alkanes) is 2. The number of ether oxygens (including phenoxy) is 1. The Bertz CT molecular complexity index is 377. The van der Waals surface area contributed by atoms with Crippen LogP contribution >= 0.6 is 7.82 Å². The van der Waals surface area contributed by atoms with E-state index in [2.05, 4.69) is 6.58 Å². The molecule has 1 atom stereocenters. The van der Waals surface area contributed by atoms with Crippen molar-refractivity contribution in [3.05, 3.63) is 12.2 Å². The maximum absolute atomic E-state index is 11.4. The highest BCUT2D eigenvalue weighted by atomic mass is 31.2. The SMILES string of the molecule is C=C(C)C(=O)OCCCCCOP(=O)([O-])O[N+](C)(C)C. The molecule has 0 aliphatic carbocycles. The molecule has 0 aliphatic rings. The zero-order valence-electron chi connectivity index (χ0n) is 12.6. The fraction of sp³-hybridized carbons (Fsp3) is 0.750. The average molecular weight is 309 g/mol. The zero-order chi connectivity index (χ0) is 15.8. The van der Waals surface area contributed by atoms with Gasteiger partial charge in [0, 0.05) is 5.57 Å². The summed E-state index contributed by atoms with van der Waals surface area (Å²) in [5.74, 6) is -0.415. The molecule has 1 unspecified atom stereocenters. The molecule has 0 saturated heterocycles. The Morgan fingerprint density at radius 1 is 1.20 bits per heavy atom. The van der Waals surface area contributed by atoms with E-state index in [-0.39, 0.29) is 17.9 Å². The molecule has 0 aromatic rings. The predicted octanol–water partition coefficient (Wildman–Crippen LogP) is 1.40. The number of nitrogens with zero attached hydrogens (tertiary/aromatic N) is 1. The van der Waals surface area contributed by atoms with Gasteiger partial charge in [0.25, 0.3) is 0 Å². The van der Waals surface area contributed by atoms with Gasteiger partial charge in [-0.1, -0.05) is 6.58 Å². The maximum Gasteiger partial charge on any atom is 0.333 e. The van der Waals surface area contributed by atoms with Gasteiger partial charge in [0.1, 0.15) is 0 Å².